The Morgan fingerprint density at radius 3 is 2.75 bits per heavy atom. The summed E-state index contributed by atoms with van der Waals surface area (Å²) in [6.07, 6.45) is 3.07. The highest BCUT2D eigenvalue weighted by Crippen LogP contribution is 2.22. The summed E-state index contributed by atoms with van der Waals surface area (Å²) in [5.41, 5.74) is 1.74. The number of nitrogens with zero attached hydrogens (tertiary/aromatic N) is 1. The molecule has 2 unspecified atom stereocenters. The van der Waals surface area contributed by atoms with Gasteiger partial charge in [-0.3, -0.25) is 4.79 Å². The van der Waals surface area contributed by atoms with Crippen LogP contribution in [0.5, 0.6) is 0 Å². The van der Waals surface area contributed by atoms with E-state index in [1.165, 1.54) is 6.39 Å². The second-order valence-corrected chi connectivity index (χ2v) is 5.17. The van der Waals surface area contributed by atoms with Crippen LogP contribution in [0.2, 0.25) is 0 Å². The van der Waals surface area contributed by atoms with Crippen LogP contribution >= 0.6 is 0 Å². The first kappa shape index (κ1) is 12.9. The maximum atomic E-state index is 12.2. The van der Waals surface area contributed by atoms with Crippen LogP contribution in [-0.4, -0.2) is 24.0 Å². The number of hydrogen-bond donors (Lipinski definition) is 2. The molecule has 0 radical (unpaired) electrons. The van der Waals surface area contributed by atoms with Crippen molar-refractivity contribution < 1.29 is 9.21 Å². The molecule has 1 saturated heterocycles. The lowest BCUT2D eigenvalue weighted by atomic mass is 9.97. The van der Waals surface area contributed by atoms with E-state index in [4.69, 9.17) is 4.42 Å². The van der Waals surface area contributed by atoms with Crippen molar-refractivity contribution in [2.75, 3.05) is 18.4 Å². The van der Waals surface area contributed by atoms with Gasteiger partial charge < -0.3 is 15.1 Å². The van der Waals surface area contributed by atoms with Crippen molar-refractivity contribution in [3.63, 3.8) is 0 Å². The van der Waals surface area contributed by atoms with Crippen molar-refractivity contribution in [2.24, 2.45) is 11.8 Å². The molecule has 0 aliphatic carbocycles. The Labute approximate surface area is 117 Å². The first-order valence-corrected chi connectivity index (χ1v) is 6.74. The van der Waals surface area contributed by atoms with Crippen molar-refractivity contribution in [3.05, 3.63) is 36.9 Å². The van der Waals surface area contributed by atoms with Gasteiger partial charge in [0.05, 0.1) is 12.1 Å². The minimum atomic E-state index is 0.0453. The van der Waals surface area contributed by atoms with Crippen LogP contribution in [0, 0.1) is 11.8 Å². The SMILES string of the molecule is CC1CNCC1C(=O)Nc1ccc(-c2cnco2)cc1. The monoisotopic (exact) mass is 271 g/mol. The fourth-order valence-electron chi connectivity index (χ4n) is 2.47. The van der Waals surface area contributed by atoms with Crippen LogP contribution in [-0.2, 0) is 4.79 Å². The quantitative estimate of drug-likeness (QED) is 0.897. The van der Waals surface area contributed by atoms with Crippen LogP contribution in [0.4, 0.5) is 5.69 Å². The highest BCUT2D eigenvalue weighted by molar-refractivity contribution is 5.93. The molecule has 1 fully saturated rings. The van der Waals surface area contributed by atoms with E-state index in [9.17, 15) is 4.79 Å². The van der Waals surface area contributed by atoms with E-state index >= 15 is 0 Å². The van der Waals surface area contributed by atoms with E-state index < -0.39 is 0 Å². The molecule has 1 aromatic carbocycles. The number of amides is 1. The normalized spacial score (nSPS) is 21.9. The van der Waals surface area contributed by atoms with Crippen molar-refractivity contribution >= 4 is 11.6 Å². The molecule has 0 spiro atoms. The smallest absolute Gasteiger partial charge is 0.229 e. The van der Waals surface area contributed by atoms with Crippen LogP contribution in [0.25, 0.3) is 11.3 Å². The van der Waals surface area contributed by atoms with Crippen molar-refractivity contribution in [1.29, 1.82) is 0 Å². The number of benzene rings is 1. The summed E-state index contributed by atoms with van der Waals surface area (Å²) < 4.78 is 5.23. The van der Waals surface area contributed by atoms with E-state index in [-0.39, 0.29) is 11.8 Å². The Bertz CT molecular complexity index is 578. The number of anilines is 1. The topological polar surface area (TPSA) is 67.2 Å². The molecule has 2 aromatic rings. The van der Waals surface area contributed by atoms with Gasteiger partial charge in [-0.05, 0) is 36.7 Å². The lowest BCUT2D eigenvalue weighted by Crippen LogP contribution is -2.27. The minimum Gasteiger partial charge on any atom is -0.444 e. The summed E-state index contributed by atoms with van der Waals surface area (Å²) in [6, 6.07) is 7.57. The van der Waals surface area contributed by atoms with Crippen molar-refractivity contribution in [2.45, 2.75) is 6.92 Å². The Morgan fingerprint density at radius 2 is 2.15 bits per heavy atom. The van der Waals surface area contributed by atoms with Gasteiger partial charge in [0.25, 0.3) is 0 Å². The number of hydrogen-bond acceptors (Lipinski definition) is 4. The zero-order valence-corrected chi connectivity index (χ0v) is 11.3. The number of carbonyl (C=O) groups is 1. The second kappa shape index (κ2) is 5.46. The number of carbonyl (C=O) groups excluding carboxylic acids is 1. The highest BCUT2D eigenvalue weighted by Gasteiger charge is 2.29. The van der Waals surface area contributed by atoms with Gasteiger partial charge in [-0.2, -0.15) is 0 Å². The van der Waals surface area contributed by atoms with Gasteiger partial charge in [0.1, 0.15) is 0 Å². The average Bonchev–Trinajstić information content (AvgIpc) is 3.10. The summed E-state index contributed by atoms with van der Waals surface area (Å²) in [5.74, 6) is 1.22. The fourth-order valence-corrected chi connectivity index (χ4v) is 2.47. The van der Waals surface area contributed by atoms with Gasteiger partial charge in [-0.25, -0.2) is 4.98 Å². The number of aromatic nitrogens is 1. The van der Waals surface area contributed by atoms with E-state index in [1.807, 2.05) is 24.3 Å². The third-order valence-corrected chi connectivity index (χ3v) is 3.72. The third-order valence-electron chi connectivity index (χ3n) is 3.72. The minimum absolute atomic E-state index is 0.0453. The number of nitrogens with one attached hydrogen (secondary N) is 2. The molecule has 104 valence electrons. The highest BCUT2D eigenvalue weighted by atomic mass is 16.3. The van der Waals surface area contributed by atoms with E-state index in [1.54, 1.807) is 6.20 Å². The Kier molecular flexibility index (Phi) is 3.52. The van der Waals surface area contributed by atoms with Crippen LogP contribution in [0.3, 0.4) is 0 Å². The van der Waals surface area contributed by atoms with Gasteiger partial charge in [-0.1, -0.05) is 6.92 Å². The molecule has 0 saturated carbocycles. The fraction of sp³-hybridized carbons (Fsp3) is 0.333. The lowest BCUT2D eigenvalue weighted by molar-refractivity contribution is -0.120. The first-order chi connectivity index (χ1) is 9.74. The molecule has 2 atom stereocenters. The summed E-state index contributed by atoms with van der Waals surface area (Å²) in [5, 5.41) is 6.20. The molecule has 5 heteroatoms. The van der Waals surface area contributed by atoms with Gasteiger partial charge in [0, 0.05) is 17.8 Å². The largest absolute Gasteiger partial charge is 0.444 e. The molecular formula is C15H17N3O2. The van der Waals surface area contributed by atoms with Gasteiger partial charge in [-0.15, -0.1) is 0 Å². The summed E-state index contributed by atoms with van der Waals surface area (Å²) >= 11 is 0. The zero-order chi connectivity index (χ0) is 13.9. The number of oxazole rings is 1. The summed E-state index contributed by atoms with van der Waals surface area (Å²) in [4.78, 5) is 16.0. The van der Waals surface area contributed by atoms with Crippen LogP contribution in [0.15, 0.2) is 41.3 Å². The molecule has 2 N–H and O–H groups in total. The Morgan fingerprint density at radius 1 is 1.35 bits per heavy atom. The molecule has 2 heterocycles. The zero-order valence-electron chi connectivity index (χ0n) is 11.3. The van der Waals surface area contributed by atoms with E-state index in [0.717, 1.165) is 30.1 Å². The summed E-state index contributed by atoms with van der Waals surface area (Å²) in [7, 11) is 0. The van der Waals surface area contributed by atoms with E-state index in [0.29, 0.717) is 5.92 Å². The molecular weight excluding hydrogens is 254 g/mol. The van der Waals surface area contributed by atoms with Gasteiger partial charge >= 0.3 is 0 Å². The molecule has 0 bridgehead atoms. The molecule has 5 nitrogen and oxygen atoms in total. The molecule has 20 heavy (non-hydrogen) atoms. The first-order valence-electron chi connectivity index (χ1n) is 6.74. The molecule has 3 rings (SSSR count). The predicted molar refractivity (Wildman–Crippen MR) is 76.1 cm³/mol. The van der Waals surface area contributed by atoms with Crippen LogP contribution < -0.4 is 10.6 Å². The van der Waals surface area contributed by atoms with E-state index in [2.05, 4.69) is 22.5 Å². The maximum absolute atomic E-state index is 12.2. The number of rotatable bonds is 3. The van der Waals surface area contributed by atoms with Gasteiger partial charge in [0.2, 0.25) is 5.91 Å². The van der Waals surface area contributed by atoms with Crippen molar-refractivity contribution in [1.82, 2.24) is 10.3 Å². The Balaban J connectivity index is 1.68. The Hall–Kier alpha value is -2.14. The van der Waals surface area contributed by atoms with Crippen LogP contribution in [0.1, 0.15) is 6.92 Å². The molecule has 1 aliphatic rings. The predicted octanol–water partition coefficient (Wildman–Crippen LogP) is 2.14. The lowest BCUT2D eigenvalue weighted by Gasteiger charge is -2.14. The third kappa shape index (κ3) is 2.58. The molecule has 1 aliphatic heterocycles. The maximum Gasteiger partial charge on any atom is 0.229 e. The van der Waals surface area contributed by atoms with Gasteiger partial charge in [0.15, 0.2) is 12.2 Å². The second-order valence-electron chi connectivity index (χ2n) is 5.17. The van der Waals surface area contributed by atoms with Crippen molar-refractivity contribution in [3.8, 4) is 11.3 Å². The summed E-state index contributed by atoms with van der Waals surface area (Å²) in [6.45, 7) is 3.75. The average molecular weight is 271 g/mol. The standard InChI is InChI=1S/C15H17N3O2/c1-10-6-16-7-13(10)15(19)18-12-4-2-11(3-5-12)14-8-17-9-20-14/h2-5,8-10,13,16H,6-7H2,1H3,(H,18,19). The molecule has 1 amide bonds. The molecule has 1 aromatic heterocycles.